The van der Waals surface area contributed by atoms with Crippen molar-refractivity contribution < 1.29 is 9.53 Å². The third kappa shape index (κ3) is 4.62. The van der Waals surface area contributed by atoms with Crippen LogP contribution in [0.4, 0.5) is 0 Å². The number of benzene rings is 2. The van der Waals surface area contributed by atoms with E-state index in [0.29, 0.717) is 0 Å². The molecule has 0 saturated carbocycles. The summed E-state index contributed by atoms with van der Waals surface area (Å²) in [6.07, 6.45) is 2.54. The van der Waals surface area contributed by atoms with Gasteiger partial charge in [0.1, 0.15) is 5.60 Å². The highest BCUT2D eigenvalue weighted by Crippen LogP contribution is 2.39. The first-order valence-corrected chi connectivity index (χ1v) is 8.59. The topological polar surface area (TPSA) is 29.5 Å². The molecule has 1 fully saturated rings. The Labute approximate surface area is 156 Å². The van der Waals surface area contributed by atoms with Crippen molar-refractivity contribution in [2.75, 3.05) is 20.1 Å². The zero-order chi connectivity index (χ0) is 17.0. The number of ether oxygens (including phenoxy) is 1. The largest absolute Gasteiger partial charge is 0.454 e. The predicted molar refractivity (Wildman–Crippen MR) is 103 cm³/mol. The van der Waals surface area contributed by atoms with E-state index in [2.05, 4.69) is 54.4 Å². The average Bonchev–Trinajstić information content (AvgIpc) is 2.58. The summed E-state index contributed by atoms with van der Waals surface area (Å²) in [6.45, 7) is 3.39. The predicted octanol–water partition coefficient (Wildman–Crippen LogP) is 4.18. The summed E-state index contributed by atoms with van der Waals surface area (Å²) in [7, 11) is 2.12. The Morgan fingerprint density at radius 1 is 1.04 bits per heavy atom. The van der Waals surface area contributed by atoms with Gasteiger partial charge in [-0.15, -0.1) is 12.4 Å². The van der Waals surface area contributed by atoms with Crippen LogP contribution in [0.25, 0.3) is 0 Å². The van der Waals surface area contributed by atoms with Gasteiger partial charge in [0.15, 0.2) is 0 Å². The maximum Gasteiger partial charge on any atom is 0.303 e. The van der Waals surface area contributed by atoms with Gasteiger partial charge >= 0.3 is 5.97 Å². The molecule has 25 heavy (non-hydrogen) atoms. The minimum Gasteiger partial charge on any atom is -0.454 e. The maximum absolute atomic E-state index is 11.8. The smallest absolute Gasteiger partial charge is 0.303 e. The van der Waals surface area contributed by atoms with Crippen LogP contribution in [-0.4, -0.2) is 31.0 Å². The normalized spacial score (nSPS) is 16.7. The minimum absolute atomic E-state index is 0. The van der Waals surface area contributed by atoms with Crippen molar-refractivity contribution in [1.29, 1.82) is 0 Å². The Hall–Kier alpha value is -1.84. The number of piperidine rings is 1. The van der Waals surface area contributed by atoms with E-state index in [1.165, 1.54) is 18.1 Å². The summed E-state index contributed by atoms with van der Waals surface area (Å²) in [5.41, 5.74) is 3.19. The number of carbonyl (C=O) groups is 1. The Kier molecular flexibility index (Phi) is 6.63. The van der Waals surface area contributed by atoms with Gasteiger partial charge in [-0.25, -0.2) is 0 Å². The fraction of sp³-hybridized carbons (Fsp3) is 0.381. The van der Waals surface area contributed by atoms with E-state index in [1.807, 2.05) is 12.1 Å². The number of hydrogen-bond acceptors (Lipinski definition) is 3. The van der Waals surface area contributed by atoms with Crippen molar-refractivity contribution in [3.05, 3.63) is 71.3 Å². The molecule has 1 heterocycles. The molecule has 4 heteroatoms. The van der Waals surface area contributed by atoms with E-state index in [4.69, 9.17) is 4.74 Å². The Balaban J connectivity index is 0.00000225. The number of nitrogens with zero attached hydrogens (tertiary/aromatic N) is 1. The molecule has 3 rings (SSSR count). The highest BCUT2D eigenvalue weighted by molar-refractivity contribution is 5.85. The standard InChI is InChI=1S/C21H25NO2.ClH/c1-17(23)24-21(12-14-22(2)15-13-21)20-11-7-6-10-19(20)16-18-8-4-3-5-9-18;/h3-11H,12-16H2,1-2H3;1H. The number of likely N-dealkylation sites (tertiary alicyclic amines) is 1. The van der Waals surface area contributed by atoms with Gasteiger partial charge in [-0.05, 0) is 30.2 Å². The zero-order valence-electron chi connectivity index (χ0n) is 14.9. The van der Waals surface area contributed by atoms with Crippen LogP contribution >= 0.6 is 12.4 Å². The SMILES string of the molecule is CC(=O)OC1(c2ccccc2Cc2ccccc2)CCN(C)CC1.Cl. The Morgan fingerprint density at radius 3 is 2.28 bits per heavy atom. The van der Waals surface area contributed by atoms with Gasteiger partial charge in [-0.1, -0.05) is 54.6 Å². The van der Waals surface area contributed by atoms with Crippen LogP contribution in [0, 0.1) is 0 Å². The molecule has 2 aromatic carbocycles. The van der Waals surface area contributed by atoms with E-state index in [-0.39, 0.29) is 18.4 Å². The summed E-state index contributed by atoms with van der Waals surface area (Å²) < 4.78 is 5.93. The van der Waals surface area contributed by atoms with Crippen molar-refractivity contribution >= 4 is 18.4 Å². The summed E-state index contributed by atoms with van der Waals surface area (Å²) in [5.74, 6) is -0.200. The number of hydrogen-bond donors (Lipinski definition) is 0. The Morgan fingerprint density at radius 2 is 1.64 bits per heavy atom. The van der Waals surface area contributed by atoms with Gasteiger partial charge in [-0.3, -0.25) is 4.79 Å². The molecular weight excluding hydrogens is 334 g/mol. The van der Waals surface area contributed by atoms with Crippen LogP contribution in [0.2, 0.25) is 0 Å². The van der Waals surface area contributed by atoms with Crippen molar-refractivity contribution in [3.63, 3.8) is 0 Å². The number of esters is 1. The summed E-state index contributed by atoms with van der Waals surface area (Å²) in [4.78, 5) is 14.1. The fourth-order valence-electron chi connectivity index (χ4n) is 3.62. The maximum atomic E-state index is 11.8. The molecule has 1 aliphatic rings. The first-order chi connectivity index (χ1) is 11.6. The molecule has 0 unspecified atom stereocenters. The molecular formula is C21H26ClNO2. The molecule has 0 N–H and O–H groups in total. The molecule has 0 radical (unpaired) electrons. The highest BCUT2D eigenvalue weighted by Gasteiger charge is 2.39. The number of halogens is 1. The van der Waals surface area contributed by atoms with Crippen LogP contribution in [0.5, 0.6) is 0 Å². The molecule has 1 aliphatic heterocycles. The molecule has 0 aromatic heterocycles. The molecule has 2 aromatic rings. The van der Waals surface area contributed by atoms with Crippen LogP contribution in [-0.2, 0) is 21.6 Å². The summed E-state index contributed by atoms with van der Waals surface area (Å²) >= 11 is 0. The van der Waals surface area contributed by atoms with Crippen LogP contribution < -0.4 is 0 Å². The molecule has 134 valence electrons. The van der Waals surface area contributed by atoms with Crippen molar-refractivity contribution in [1.82, 2.24) is 4.90 Å². The van der Waals surface area contributed by atoms with Crippen molar-refractivity contribution in [2.45, 2.75) is 31.8 Å². The minimum atomic E-state index is -0.496. The lowest BCUT2D eigenvalue weighted by molar-refractivity contribution is -0.163. The lowest BCUT2D eigenvalue weighted by Gasteiger charge is -2.41. The molecule has 0 aliphatic carbocycles. The first-order valence-electron chi connectivity index (χ1n) is 8.59. The average molecular weight is 360 g/mol. The molecule has 0 amide bonds. The first kappa shape index (κ1) is 19.5. The van der Waals surface area contributed by atoms with Crippen molar-refractivity contribution in [3.8, 4) is 0 Å². The monoisotopic (exact) mass is 359 g/mol. The molecule has 3 nitrogen and oxygen atoms in total. The third-order valence-corrected chi connectivity index (χ3v) is 4.88. The molecule has 0 atom stereocenters. The van der Waals surface area contributed by atoms with Gasteiger partial charge in [0, 0.05) is 32.9 Å². The number of carbonyl (C=O) groups excluding carboxylic acids is 1. The van der Waals surface area contributed by atoms with E-state index in [1.54, 1.807) is 0 Å². The van der Waals surface area contributed by atoms with Gasteiger partial charge in [0.25, 0.3) is 0 Å². The lowest BCUT2D eigenvalue weighted by atomic mass is 9.80. The van der Waals surface area contributed by atoms with Gasteiger partial charge < -0.3 is 9.64 Å². The molecule has 0 bridgehead atoms. The van der Waals surface area contributed by atoms with Gasteiger partial charge in [0.05, 0.1) is 0 Å². The second kappa shape index (κ2) is 8.50. The van der Waals surface area contributed by atoms with Crippen LogP contribution in [0.3, 0.4) is 0 Å². The lowest BCUT2D eigenvalue weighted by Crippen LogP contribution is -2.44. The summed E-state index contributed by atoms with van der Waals surface area (Å²) in [5, 5.41) is 0. The fourth-order valence-corrected chi connectivity index (χ4v) is 3.62. The zero-order valence-corrected chi connectivity index (χ0v) is 15.7. The highest BCUT2D eigenvalue weighted by atomic mass is 35.5. The van der Waals surface area contributed by atoms with Crippen molar-refractivity contribution in [2.24, 2.45) is 0 Å². The molecule has 1 saturated heterocycles. The molecule has 0 spiro atoms. The van der Waals surface area contributed by atoms with Crippen LogP contribution in [0.1, 0.15) is 36.5 Å². The second-order valence-electron chi connectivity index (χ2n) is 6.71. The second-order valence-corrected chi connectivity index (χ2v) is 6.71. The summed E-state index contributed by atoms with van der Waals surface area (Å²) in [6, 6.07) is 18.9. The van der Waals surface area contributed by atoms with Crippen LogP contribution in [0.15, 0.2) is 54.6 Å². The van der Waals surface area contributed by atoms with E-state index in [9.17, 15) is 4.79 Å². The van der Waals surface area contributed by atoms with Gasteiger partial charge in [0.2, 0.25) is 0 Å². The van der Waals surface area contributed by atoms with E-state index >= 15 is 0 Å². The quantitative estimate of drug-likeness (QED) is 0.767. The third-order valence-electron chi connectivity index (χ3n) is 4.88. The van der Waals surface area contributed by atoms with Gasteiger partial charge in [-0.2, -0.15) is 0 Å². The number of rotatable bonds is 4. The van der Waals surface area contributed by atoms with E-state index in [0.717, 1.165) is 37.9 Å². The Bertz CT molecular complexity index is 694. The van der Waals surface area contributed by atoms with E-state index < -0.39 is 5.60 Å².